The van der Waals surface area contributed by atoms with E-state index in [-0.39, 0.29) is 0 Å². The van der Waals surface area contributed by atoms with Crippen molar-refractivity contribution in [3.8, 4) is 0 Å². The Morgan fingerprint density at radius 1 is 1.39 bits per heavy atom. The summed E-state index contributed by atoms with van der Waals surface area (Å²) in [7, 11) is -1.34. The quantitative estimate of drug-likeness (QED) is 0.796. The first-order valence-electron chi connectivity index (χ1n) is 5.95. The van der Waals surface area contributed by atoms with E-state index < -0.39 is 22.5 Å². The number of carbonyl (C=O) groups is 1. The van der Waals surface area contributed by atoms with E-state index in [1.807, 2.05) is 13.0 Å². The van der Waals surface area contributed by atoms with Gasteiger partial charge in [-0.15, -0.1) is 0 Å². The molecule has 0 aliphatic rings. The van der Waals surface area contributed by atoms with Crippen LogP contribution in [0.2, 0.25) is 0 Å². The van der Waals surface area contributed by atoms with Crippen molar-refractivity contribution in [2.75, 3.05) is 5.75 Å². The molecule has 0 aromatic heterocycles. The summed E-state index contributed by atoms with van der Waals surface area (Å²) in [5.41, 5.74) is -0.720. The molecule has 0 aliphatic carbocycles. The number of carboxylic acids is 1. The number of nitrogens with one attached hydrogen (secondary N) is 1. The Bertz CT molecular complexity index is 422. The van der Waals surface area contributed by atoms with Crippen molar-refractivity contribution in [1.82, 2.24) is 4.72 Å². The molecule has 2 N–H and O–H groups in total. The molecule has 2 atom stereocenters. The molecule has 1 aromatic rings. The van der Waals surface area contributed by atoms with Gasteiger partial charge in [0.2, 0.25) is 0 Å². The molecule has 0 heterocycles. The third kappa shape index (κ3) is 3.65. The van der Waals surface area contributed by atoms with Crippen LogP contribution in [0.3, 0.4) is 0 Å². The lowest BCUT2D eigenvalue weighted by atomic mass is 9.94. The predicted octanol–water partition coefficient (Wildman–Crippen LogP) is 2.04. The number of rotatable bonds is 7. The molecule has 1 aromatic carbocycles. The molecule has 100 valence electrons. The van der Waals surface area contributed by atoms with E-state index in [1.54, 1.807) is 24.3 Å². The van der Waals surface area contributed by atoms with Crippen LogP contribution in [0.1, 0.15) is 32.3 Å². The maximum atomic E-state index is 11.8. The Labute approximate surface area is 110 Å². The van der Waals surface area contributed by atoms with Gasteiger partial charge in [0.15, 0.2) is 5.54 Å². The van der Waals surface area contributed by atoms with Crippen LogP contribution in [0.15, 0.2) is 30.3 Å². The van der Waals surface area contributed by atoms with Crippen molar-refractivity contribution >= 4 is 17.0 Å². The normalized spacial score (nSPS) is 15.9. The lowest BCUT2D eigenvalue weighted by Crippen LogP contribution is -2.47. The molecule has 0 amide bonds. The fraction of sp³-hybridized carbons (Fsp3) is 0.462. The van der Waals surface area contributed by atoms with Crippen LogP contribution in [0.5, 0.6) is 0 Å². The minimum atomic E-state index is -1.34. The summed E-state index contributed by atoms with van der Waals surface area (Å²) < 4.78 is 14.5. The van der Waals surface area contributed by atoms with Crippen molar-refractivity contribution in [2.45, 2.75) is 32.2 Å². The van der Waals surface area contributed by atoms with Gasteiger partial charge in [-0.1, -0.05) is 43.7 Å². The first-order chi connectivity index (χ1) is 8.50. The highest BCUT2D eigenvalue weighted by Crippen LogP contribution is 2.21. The Kier molecular flexibility index (Phi) is 5.50. The van der Waals surface area contributed by atoms with Crippen LogP contribution in [0.25, 0.3) is 0 Å². The smallest absolute Gasteiger partial charge is 0.329 e. The lowest BCUT2D eigenvalue weighted by Gasteiger charge is -2.26. The minimum absolute atomic E-state index is 0.464. The maximum absolute atomic E-state index is 11.8. The molecule has 18 heavy (non-hydrogen) atoms. The summed E-state index contributed by atoms with van der Waals surface area (Å²) in [6.45, 7) is 3.54. The van der Waals surface area contributed by atoms with Crippen molar-refractivity contribution in [1.29, 1.82) is 0 Å². The summed E-state index contributed by atoms with van der Waals surface area (Å²) in [5.74, 6) is -0.565. The largest absolute Gasteiger partial charge is 0.480 e. The van der Waals surface area contributed by atoms with E-state index in [4.69, 9.17) is 0 Å². The van der Waals surface area contributed by atoms with Gasteiger partial charge in [-0.25, -0.2) is 13.7 Å². The van der Waals surface area contributed by atoms with Crippen molar-refractivity contribution in [2.24, 2.45) is 0 Å². The minimum Gasteiger partial charge on any atom is -0.480 e. The second-order valence-corrected chi connectivity index (χ2v) is 5.60. The number of hydrogen-bond donors (Lipinski definition) is 2. The standard InChI is InChI=1S/C13H19NO3S/c1-3-4-10-18(17)14-13(2,12(15)16)11-8-6-5-7-9-11/h5-9,14H,3-4,10H2,1-2H3,(H,15,16). The van der Waals surface area contributed by atoms with Gasteiger partial charge in [0.25, 0.3) is 0 Å². The Morgan fingerprint density at radius 2 is 2.00 bits per heavy atom. The fourth-order valence-electron chi connectivity index (χ4n) is 1.55. The van der Waals surface area contributed by atoms with Crippen LogP contribution in [-0.4, -0.2) is 21.0 Å². The molecule has 0 aliphatic heterocycles. The van der Waals surface area contributed by atoms with Gasteiger partial charge in [-0.05, 0) is 18.9 Å². The maximum Gasteiger partial charge on any atom is 0.329 e. The highest BCUT2D eigenvalue weighted by atomic mass is 32.2. The van der Waals surface area contributed by atoms with Crippen LogP contribution in [0, 0.1) is 0 Å². The lowest BCUT2D eigenvalue weighted by molar-refractivity contribution is -0.143. The second kappa shape index (κ2) is 6.66. The molecular formula is C13H19NO3S. The summed E-state index contributed by atoms with van der Waals surface area (Å²) in [6, 6.07) is 8.80. The molecule has 5 heteroatoms. The molecule has 2 unspecified atom stereocenters. The molecular weight excluding hydrogens is 250 g/mol. The van der Waals surface area contributed by atoms with Gasteiger partial charge in [0, 0.05) is 5.75 Å². The van der Waals surface area contributed by atoms with Crippen LogP contribution >= 0.6 is 0 Å². The zero-order valence-corrected chi connectivity index (χ0v) is 11.5. The number of aliphatic carboxylic acids is 1. The molecule has 0 bridgehead atoms. The van der Waals surface area contributed by atoms with Crippen molar-refractivity contribution < 1.29 is 14.1 Å². The molecule has 1 rings (SSSR count). The second-order valence-electron chi connectivity index (χ2n) is 4.30. The molecule has 0 radical (unpaired) electrons. The van der Waals surface area contributed by atoms with Crippen LogP contribution < -0.4 is 4.72 Å². The van der Waals surface area contributed by atoms with Gasteiger partial charge < -0.3 is 5.11 Å². The van der Waals surface area contributed by atoms with Gasteiger partial charge >= 0.3 is 5.97 Å². The Balaban J connectivity index is 2.89. The highest BCUT2D eigenvalue weighted by molar-refractivity contribution is 7.83. The molecule has 0 spiro atoms. The predicted molar refractivity (Wildman–Crippen MR) is 72.5 cm³/mol. The zero-order chi connectivity index (χ0) is 13.6. The molecule has 0 fully saturated rings. The number of carboxylic acid groups (broad SMARTS) is 1. The number of hydrogen-bond acceptors (Lipinski definition) is 2. The first kappa shape index (κ1) is 14.9. The number of benzene rings is 1. The van der Waals surface area contributed by atoms with Crippen LogP contribution in [0.4, 0.5) is 0 Å². The summed E-state index contributed by atoms with van der Waals surface area (Å²) >= 11 is 0. The molecule has 4 nitrogen and oxygen atoms in total. The highest BCUT2D eigenvalue weighted by Gasteiger charge is 2.36. The van der Waals surface area contributed by atoms with Gasteiger partial charge in [0.05, 0.1) is 11.0 Å². The van der Waals surface area contributed by atoms with Crippen LogP contribution in [-0.2, 0) is 21.3 Å². The van der Waals surface area contributed by atoms with E-state index >= 15 is 0 Å². The monoisotopic (exact) mass is 269 g/mol. The topological polar surface area (TPSA) is 66.4 Å². The third-order valence-corrected chi connectivity index (χ3v) is 4.08. The van der Waals surface area contributed by atoms with Gasteiger partial charge in [-0.2, -0.15) is 0 Å². The van der Waals surface area contributed by atoms with E-state index in [2.05, 4.69) is 4.72 Å². The molecule has 0 saturated carbocycles. The van der Waals surface area contributed by atoms with E-state index in [1.165, 1.54) is 6.92 Å². The average molecular weight is 269 g/mol. The van der Waals surface area contributed by atoms with Gasteiger partial charge in [-0.3, -0.25) is 0 Å². The van der Waals surface area contributed by atoms with Crippen molar-refractivity contribution in [3.63, 3.8) is 0 Å². The summed E-state index contributed by atoms with van der Waals surface area (Å²) in [5, 5.41) is 9.36. The fourth-order valence-corrected chi connectivity index (χ4v) is 2.87. The Morgan fingerprint density at radius 3 is 2.50 bits per heavy atom. The first-order valence-corrected chi connectivity index (χ1v) is 7.27. The molecule has 0 saturated heterocycles. The SMILES string of the molecule is CCCCS(=O)NC(C)(C(=O)O)c1ccccc1. The van der Waals surface area contributed by atoms with E-state index in [0.717, 1.165) is 12.8 Å². The average Bonchev–Trinajstić information content (AvgIpc) is 2.37. The zero-order valence-electron chi connectivity index (χ0n) is 10.7. The van der Waals surface area contributed by atoms with Crippen molar-refractivity contribution in [3.05, 3.63) is 35.9 Å². The summed E-state index contributed by atoms with van der Waals surface area (Å²) in [4.78, 5) is 11.4. The van der Waals surface area contributed by atoms with E-state index in [0.29, 0.717) is 11.3 Å². The van der Waals surface area contributed by atoms with E-state index in [9.17, 15) is 14.1 Å². The van der Waals surface area contributed by atoms with Gasteiger partial charge in [0.1, 0.15) is 0 Å². The Hall–Kier alpha value is -1.20. The summed E-state index contributed by atoms with van der Waals surface area (Å²) in [6.07, 6.45) is 1.74. The number of unbranched alkanes of at least 4 members (excludes halogenated alkanes) is 1. The third-order valence-electron chi connectivity index (χ3n) is 2.78.